The van der Waals surface area contributed by atoms with Crippen LogP contribution in [0, 0.1) is 6.92 Å². The fraction of sp³-hybridized carbons (Fsp3) is 0.381. The molecule has 0 saturated carbocycles. The molecular weight excluding hydrogens is 328 g/mol. The molecule has 136 valence electrons. The molecule has 2 aliphatic heterocycles. The number of amides is 1. The molecule has 2 aromatic rings. The van der Waals surface area contributed by atoms with E-state index in [1.165, 1.54) is 24.0 Å². The molecule has 0 aliphatic carbocycles. The van der Waals surface area contributed by atoms with E-state index in [-0.39, 0.29) is 18.7 Å². The summed E-state index contributed by atoms with van der Waals surface area (Å²) in [7, 11) is 0. The molecule has 2 heterocycles. The molecule has 0 bridgehead atoms. The number of rotatable bonds is 5. The number of hydrogen-bond acceptors (Lipinski definition) is 4. The van der Waals surface area contributed by atoms with Crippen LogP contribution in [0.1, 0.15) is 40.4 Å². The predicted molar refractivity (Wildman–Crippen MR) is 99.6 cm³/mol. The van der Waals surface area contributed by atoms with Gasteiger partial charge in [0.2, 0.25) is 6.79 Å². The van der Waals surface area contributed by atoms with Gasteiger partial charge < -0.3 is 14.8 Å². The zero-order valence-electron chi connectivity index (χ0n) is 15.0. The molecule has 5 nitrogen and oxygen atoms in total. The van der Waals surface area contributed by atoms with Gasteiger partial charge in [0.1, 0.15) is 0 Å². The highest BCUT2D eigenvalue weighted by molar-refractivity contribution is 5.95. The van der Waals surface area contributed by atoms with E-state index in [1.54, 1.807) is 18.2 Å². The lowest BCUT2D eigenvalue weighted by atomic mass is 10.00. The molecule has 1 atom stereocenters. The SMILES string of the molecule is Cc1ccccc1C(CNC(=O)c1ccc2c(c1)OCO2)N1CCCC1. The number of nitrogens with one attached hydrogen (secondary N) is 1. The summed E-state index contributed by atoms with van der Waals surface area (Å²) in [6.07, 6.45) is 2.44. The van der Waals surface area contributed by atoms with E-state index in [0.717, 1.165) is 13.1 Å². The zero-order chi connectivity index (χ0) is 17.9. The van der Waals surface area contributed by atoms with E-state index in [0.29, 0.717) is 23.6 Å². The number of likely N-dealkylation sites (tertiary alicyclic amines) is 1. The third-order valence-corrected chi connectivity index (χ3v) is 5.22. The van der Waals surface area contributed by atoms with Crippen LogP contribution in [0.15, 0.2) is 42.5 Å². The van der Waals surface area contributed by atoms with Gasteiger partial charge in [0.25, 0.3) is 5.91 Å². The van der Waals surface area contributed by atoms with Gasteiger partial charge in [-0.15, -0.1) is 0 Å². The van der Waals surface area contributed by atoms with Crippen molar-refractivity contribution < 1.29 is 14.3 Å². The van der Waals surface area contributed by atoms with Crippen LogP contribution in [0.25, 0.3) is 0 Å². The summed E-state index contributed by atoms with van der Waals surface area (Å²) >= 11 is 0. The molecule has 1 saturated heterocycles. The van der Waals surface area contributed by atoms with Crippen LogP contribution in [-0.2, 0) is 0 Å². The van der Waals surface area contributed by atoms with Crippen molar-refractivity contribution in [1.82, 2.24) is 10.2 Å². The third kappa shape index (κ3) is 3.40. The summed E-state index contributed by atoms with van der Waals surface area (Å²) < 4.78 is 10.7. The van der Waals surface area contributed by atoms with E-state index in [9.17, 15) is 4.79 Å². The minimum atomic E-state index is -0.0823. The van der Waals surface area contributed by atoms with Crippen LogP contribution >= 0.6 is 0 Å². The van der Waals surface area contributed by atoms with Gasteiger partial charge in [-0.2, -0.15) is 0 Å². The first-order valence-corrected chi connectivity index (χ1v) is 9.20. The maximum absolute atomic E-state index is 12.7. The molecule has 2 aliphatic rings. The predicted octanol–water partition coefficient (Wildman–Crippen LogP) is 3.29. The Bertz CT molecular complexity index is 800. The maximum Gasteiger partial charge on any atom is 0.251 e. The van der Waals surface area contributed by atoms with Gasteiger partial charge in [-0.3, -0.25) is 9.69 Å². The number of aryl methyl sites for hydroxylation is 1. The molecule has 0 aromatic heterocycles. The fourth-order valence-corrected chi connectivity index (χ4v) is 3.78. The zero-order valence-corrected chi connectivity index (χ0v) is 15.0. The summed E-state index contributed by atoms with van der Waals surface area (Å²) in [5, 5.41) is 3.12. The number of ether oxygens (including phenoxy) is 2. The summed E-state index contributed by atoms with van der Waals surface area (Å²) in [5.41, 5.74) is 3.15. The highest BCUT2D eigenvalue weighted by Gasteiger charge is 2.25. The quantitative estimate of drug-likeness (QED) is 0.897. The van der Waals surface area contributed by atoms with Gasteiger partial charge in [0.05, 0.1) is 6.04 Å². The van der Waals surface area contributed by atoms with Gasteiger partial charge >= 0.3 is 0 Å². The van der Waals surface area contributed by atoms with Crippen LogP contribution in [0.2, 0.25) is 0 Å². The Hall–Kier alpha value is -2.53. The molecule has 1 unspecified atom stereocenters. The Balaban J connectivity index is 1.49. The molecule has 1 N–H and O–H groups in total. The standard InChI is InChI=1S/C21H24N2O3/c1-15-6-2-3-7-17(15)18(23-10-4-5-11-23)13-22-21(24)16-8-9-19-20(12-16)26-14-25-19/h2-3,6-9,12,18H,4-5,10-11,13-14H2,1H3,(H,22,24). The lowest BCUT2D eigenvalue weighted by Gasteiger charge is -2.29. The molecule has 0 spiro atoms. The molecule has 0 radical (unpaired) electrons. The largest absolute Gasteiger partial charge is 0.454 e. The Morgan fingerprint density at radius 3 is 2.69 bits per heavy atom. The van der Waals surface area contributed by atoms with Gasteiger partial charge in [-0.25, -0.2) is 0 Å². The molecule has 5 heteroatoms. The summed E-state index contributed by atoms with van der Waals surface area (Å²) in [6, 6.07) is 14.0. The molecule has 2 aromatic carbocycles. The van der Waals surface area contributed by atoms with E-state index in [1.807, 2.05) is 0 Å². The Kier molecular flexibility index (Phi) is 4.80. The second-order valence-corrected chi connectivity index (χ2v) is 6.89. The van der Waals surface area contributed by atoms with Gasteiger partial charge in [-0.05, 0) is 62.2 Å². The van der Waals surface area contributed by atoms with Crippen LogP contribution in [0.5, 0.6) is 11.5 Å². The first-order chi connectivity index (χ1) is 12.7. The first kappa shape index (κ1) is 16.9. The Morgan fingerprint density at radius 1 is 1.12 bits per heavy atom. The maximum atomic E-state index is 12.7. The summed E-state index contributed by atoms with van der Waals surface area (Å²) in [5.74, 6) is 1.24. The topological polar surface area (TPSA) is 50.8 Å². The monoisotopic (exact) mass is 352 g/mol. The summed E-state index contributed by atoms with van der Waals surface area (Å²) in [4.78, 5) is 15.1. The number of benzene rings is 2. The van der Waals surface area contributed by atoms with Crippen molar-refractivity contribution in [2.24, 2.45) is 0 Å². The number of nitrogens with zero attached hydrogens (tertiary/aromatic N) is 1. The Morgan fingerprint density at radius 2 is 1.88 bits per heavy atom. The fourth-order valence-electron chi connectivity index (χ4n) is 3.78. The summed E-state index contributed by atoms with van der Waals surface area (Å²) in [6.45, 7) is 5.11. The van der Waals surface area contributed by atoms with Crippen LogP contribution in [0.3, 0.4) is 0 Å². The average Bonchev–Trinajstić information content (AvgIpc) is 3.34. The molecule has 26 heavy (non-hydrogen) atoms. The van der Waals surface area contributed by atoms with Crippen molar-refractivity contribution in [2.75, 3.05) is 26.4 Å². The van der Waals surface area contributed by atoms with Crippen molar-refractivity contribution in [1.29, 1.82) is 0 Å². The van der Waals surface area contributed by atoms with Crippen molar-refractivity contribution >= 4 is 5.91 Å². The van der Waals surface area contributed by atoms with E-state index in [2.05, 4.69) is 41.4 Å². The lowest BCUT2D eigenvalue weighted by molar-refractivity contribution is 0.0937. The van der Waals surface area contributed by atoms with Crippen LogP contribution < -0.4 is 14.8 Å². The second-order valence-electron chi connectivity index (χ2n) is 6.89. The van der Waals surface area contributed by atoms with Gasteiger partial charge in [0, 0.05) is 12.1 Å². The normalized spacial score (nSPS) is 17.3. The van der Waals surface area contributed by atoms with Crippen molar-refractivity contribution in [3.05, 3.63) is 59.2 Å². The lowest BCUT2D eigenvalue weighted by Crippen LogP contribution is -2.37. The first-order valence-electron chi connectivity index (χ1n) is 9.20. The highest BCUT2D eigenvalue weighted by atomic mass is 16.7. The van der Waals surface area contributed by atoms with Crippen molar-refractivity contribution in [3.63, 3.8) is 0 Å². The second kappa shape index (κ2) is 7.38. The smallest absolute Gasteiger partial charge is 0.251 e. The number of hydrogen-bond donors (Lipinski definition) is 1. The van der Waals surface area contributed by atoms with Gasteiger partial charge in [-0.1, -0.05) is 24.3 Å². The minimum Gasteiger partial charge on any atom is -0.454 e. The van der Waals surface area contributed by atoms with Crippen LogP contribution in [0.4, 0.5) is 0 Å². The van der Waals surface area contributed by atoms with E-state index in [4.69, 9.17) is 9.47 Å². The number of fused-ring (bicyclic) bond motifs is 1. The van der Waals surface area contributed by atoms with Crippen molar-refractivity contribution in [2.45, 2.75) is 25.8 Å². The van der Waals surface area contributed by atoms with E-state index < -0.39 is 0 Å². The molecule has 1 fully saturated rings. The van der Waals surface area contributed by atoms with Crippen molar-refractivity contribution in [3.8, 4) is 11.5 Å². The average molecular weight is 352 g/mol. The van der Waals surface area contributed by atoms with Crippen LogP contribution in [-0.4, -0.2) is 37.2 Å². The molecule has 4 rings (SSSR count). The highest BCUT2D eigenvalue weighted by Crippen LogP contribution is 2.32. The Labute approximate surface area is 153 Å². The molecule has 1 amide bonds. The molecular formula is C21H24N2O3. The number of carbonyl (C=O) groups is 1. The minimum absolute atomic E-state index is 0.0823. The van der Waals surface area contributed by atoms with Gasteiger partial charge in [0.15, 0.2) is 11.5 Å². The number of carbonyl (C=O) groups excluding carboxylic acids is 1. The third-order valence-electron chi connectivity index (χ3n) is 5.22. The van der Waals surface area contributed by atoms with E-state index >= 15 is 0 Å².